The van der Waals surface area contributed by atoms with Gasteiger partial charge in [-0.3, -0.25) is 9.52 Å². The van der Waals surface area contributed by atoms with Gasteiger partial charge in [-0.25, -0.2) is 8.42 Å². The number of methoxy groups -OCH3 is 2. The van der Waals surface area contributed by atoms with Gasteiger partial charge in [0.15, 0.2) is 11.5 Å². The van der Waals surface area contributed by atoms with Crippen molar-refractivity contribution >= 4 is 21.6 Å². The van der Waals surface area contributed by atoms with Crippen molar-refractivity contribution in [1.82, 2.24) is 0 Å². The van der Waals surface area contributed by atoms with Crippen LogP contribution in [0.15, 0.2) is 41.3 Å². The lowest BCUT2D eigenvalue weighted by Gasteiger charge is -2.15. The smallest absolute Gasteiger partial charge is 0.261 e. The molecule has 0 atom stereocenters. The Morgan fingerprint density at radius 2 is 1.58 bits per heavy atom. The van der Waals surface area contributed by atoms with Gasteiger partial charge in [0, 0.05) is 6.07 Å². The molecule has 0 spiro atoms. The molecule has 0 aliphatic carbocycles. The van der Waals surface area contributed by atoms with Crippen LogP contribution < -0.4 is 19.9 Å². The number of hydrogen-bond donors (Lipinski definition) is 2. The summed E-state index contributed by atoms with van der Waals surface area (Å²) >= 11 is 0. The lowest BCUT2D eigenvalue weighted by Crippen LogP contribution is -2.19. The van der Waals surface area contributed by atoms with E-state index in [9.17, 15) is 13.2 Å². The average molecular weight is 378 g/mol. The molecule has 26 heavy (non-hydrogen) atoms. The summed E-state index contributed by atoms with van der Waals surface area (Å²) in [6.45, 7) is 4.04. The molecule has 0 radical (unpaired) electrons. The minimum absolute atomic E-state index is 0.0167. The maximum Gasteiger partial charge on any atom is 0.261 e. The van der Waals surface area contributed by atoms with Gasteiger partial charge in [-0.1, -0.05) is 26.0 Å². The molecule has 8 heteroatoms. The molecule has 0 aliphatic heterocycles. The number of nitrogens with two attached hydrogens (primary N) is 1. The van der Waals surface area contributed by atoms with Gasteiger partial charge in [0.25, 0.3) is 15.9 Å². The highest BCUT2D eigenvalue weighted by atomic mass is 32.2. The molecule has 0 heterocycles. The first-order valence-corrected chi connectivity index (χ1v) is 9.36. The summed E-state index contributed by atoms with van der Waals surface area (Å²) < 4.78 is 38.0. The molecule has 2 rings (SSSR count). The zero-order valence-corrected chi connectivity index (χ0v) is 15.9. The number of carbonyl (C=O) groups is 1. The number of amides is 1. The van der Waals surface area contributed by atoms with E-state index < -0.39 is 15.9 Å². The third-order valence-corrected chi connectivity index (χ3v) is 5.27. The number of primary amides is 1. The van der Waals surface area contributed by atoms with Gasteiger partial charge in [-0.15, -0.1) is 0 Å². The van der Waals surface area contributed by atoms with Crippen LogP contribution in [0, 0.1) is 0 Å². The lowest BCUT2D eigenvalue weighted by molar-refractivity contribution is 0.100. The normalized spacial score (nSPS) is 11.3. The molecule has 2 aromatic rings. The van der Waals surface area contributed by atoms with Crippen LogP contribution in [-0.2, 0) is 10.0 Å². The van der Waals surface area contributed by atoms with Crippen molar-refractivity contribution in [3.05, 3.63) is 47.5 Å². The fraction of sp³-hybridized carbons (Fsp3) is 0.278. The Labute approximate surface area is 153 Å². The Bertz CT molecular complexity index is 906. The van der Waals surface area contributed by atoms with Crippen LogP contribution >= 0.6 is 0 Å². The van der Waals surface area contributed by atoms with Crippen LogP contribution in [0.5, 0.6) is 11.5 Å². The van der Waals surface area contributed by atoms with E-state index in [1.54, 1.807) is 12.1 Å². The molecule has 1 amide bonds. The molecule has 0 unspecified atom stereocenters. The predicted molar refractivity (Wildman–Crippen MR) is 99.4 cm³/mol. The topological polar surface area (TPSA) is 108 Å². The zero-order chi connectivity index (χ0) is 19.5. The van der Waals surface area contributed by atoms with Gasteiger partial charge in [-0.05, 0) is 29.7 Å². The number of nitrogens with one attached hydrogen (secondary N) is 1. The second-order valence-corrected chi connectivity index (χ2v) is 7.63. The minimum Gasteiger partial charge on any atom is -0.493 e. The second-order valence-electron chi connectivity index (χ2n) is 5.95. The molecule has 2 aromatic carbocycles. The fourth-order valence-corrected chi connectivity index (χ4v) is 3.47. The molecule has 0 bridgehead atoms. The Morgan fingerprint density at radius 1 is 1.04 bits per heavy atom. The van der Waals surface area contributed by atoms with E-state index in [-0.39, 0.29) is 33.6 Å². The highest BCUT2D eigenvalue weighted by Crippen LogP contribution is 2.34. The summed E-state index contributed by atoms with van der Waals surface area (Å²) in [7, 11) is -1.10. The Morgan fingerprint density at radius 3 is 2.04 bits per heavy atom. The van der Waals surface area contributed by atoms with Crippen molar-refractivity contribution in [2.75, 3.05) is 18.9 Å². The Kier molecular flexibility index (Phi) is 5.76. The van der Waals surface area contributed by atoms with Crippen molar-refractivity contribution < 1.29 is 22.7 Å². The average Bonchev–Trinajstić information content (AvgIpc) is 2.60. The number of hydrogen-bond acceptors (Lipinski definition) is 5. The fourth-order valence-electron chi connectivity index (χ4n) is 2.40. The van der Waals surface area contributed by atoms with Crippen LogP contribution in [0.1, 0.15) is 35.7 Å². The molecule has 3 N–H and O–H groups in total. The highest BCUT2D eigenvalue weighted by molar-refractivity contribution is 7.92. The standard InChI is InChI=1S/C18H22N2O5S/c1-11(2)12-5-7-13(8-6-12)26(22,23)20-15-10-17(25-4)16(24-3)9-14(15)18(19)21/h5-11,20H,1-4H3,(H2,19,21). The summed E-state index contributed by atoms with van der Waals surface area (Å²) in [5.74, 6) is 0.0294. The van der Waals surface area contributed by atoms with Gasteiger partial charge < -0.3 is 15.2 Å². The number of anilines is 1. The first-order valence-electron chi connectivity index (χ1n) is 7.88. The molecule has 0 aromatic heterocycles. The van der Waals surface area contributed by atoms with Gasteiger partial charge in [-0.2, -0.15) is 0 Å². The molecule has 7 nitrogen and oxygen atoms in total. The highest BCUT2D eigenvalue weighted by Gasteiger charge is 2.21. The Balaban J connectivity index is 2.46. The van der Waals surface area contributed by atoms with Gasteiger partial charge in [0.2, 0.25) is 0 Å². The van der Waals surface area contributed by atoms with Crippen molar-refractivity contribution in [1.29, 1.82) is 0 Å². The van der Waals surface area contributed by atoms with E-state index in [0.29, 0.717) is 0 Å². The molecule has 0 saturated heterocycles. The number of sulfonamides is 1. The minimum atomic E-state index is -3.91. The lowest BCUT2D eigenvalue weighted by atomic mass is 10.0. The summed E-state index contributed by atoms with van der Waals surface area (Å²) in [6, 6.07) is 9.23. The van der Waals surface area contributed by atoms with Crippen molar-refractivity contribution in [2.45, 2.75) is 24.7 Å². The van der Waals surface area contributed by atoms with Crippen LogP contribution in [-0.4, -0.2) is 28.5 Å². The van der Waals surface area contributed by atoms with Crippen molar-refractivity contribution in [2.24, 2.45) is 5.73 Å². The molecule has 140 valence electrons. The summed E-state index contributed by atoms with van der Waals surface area (Å²) in [6.07, 6.45) is 0. The van der Waals surface area contributed by atoms with Crippen LogP contribution in [0.3, 0.4) is 0 Å². The van der Waals surface area contributed by atoms with E-state index in [0.717, 1.165) is 5.56 Å². The maximum absolute atomic E-state index is 12.7. The van der Waals surface area contributed by atoms with E-state index in [1.807, 2.05) is 13.8 Å². The van der Waals surface area contributed by atoms with Crippen LogP contribution in [0.2, 0.25) is 0 Å². The van der Waals surface area contributed by atoms with E-state index in [2.05, 4.69) is 4.72 Å². The summed E-state index contributed by atoms with van der Waals surface area (Å²) in [5, 5.41) is 0. The first-order chi connectivity index (χ1) is 12.2. The quantitative estimate of drug-likeness (QED) is 0.770. The number of ether oxygens (including phenoxy) is 2. The molecule has 0 fully saturated rings. The number of carbonyl (C=O) groups excluding carboxylic acids is 1. The van der Waals surface area contributed by atoms with Crippen molar-refractivity contribution in [3.8, 4) is 11.5 Å². The zero-order valence-electron chi connectivity index (χ0n) is 15.1. The SMILES string of the molecule is COc1cc(NS(=O)(=O)c2ccc(C(C)C)cc2)c(C(N)=O)cc1OC. The van der Waals surface area contributed by atoms with Crippen molar-refractivity contribution in [3.63, 3.8) is 0 Å². The largest absolute Gasteiger partial charge is 0.493 e. The van der Waals surface area contributed by atoms with Crippen LogP contribution in [0.25, 0.3) is 0 Å². The molecule has 0 saturated carbocycles. The Hall–Kier alpha value is -2.74. The number of rotatable bonds is 7. The third-order valence-electron chi connectivity index (χ3n) is 3.89. The third kappa shape index (κ3) is 4.08. The monoisotopic (exact) mass is 378 g/mol. The first kappa shape index (κ1) is 19.6. The van der Waals surface area contributed by atoms with E-state index in [4.69, 9.17) is 15.2 Å². The predicted octanol–water partition coefficient (Wildman–Crippen LogP) is 2.73. The van der Waals surface area contributed by atoms with Gasteiger partial charge in [0.1, 0.15) is 0 Å². The van der Waals surface area contributed by atoms with Gasteiger partial charge in [0.05, 0.1) is 30.4 Å². The van der Waals surface area contributed by atoms with E-state index >= 15 is 0 Å². The molecule has 0 aliphatic rings. The molecular weight excluding hydrogens is 356 g/mol. The maximum atomic E-state index is 12.7. The summed E-state index contributed by atoms with van der Waals surface area (Å²) in [5.41, 5.74) is 6.39. The summed E-state index contributed by atoms with van der Waals surface area (Å²) in [4.78, 5) is 11.8. The number of benzene rings is 2. The van der Waals surface area contributed by atoms with E-state index in [1.165, 1.54) is 38.5 Å². The second kappa shape index (κ2) is 7.65. The molecular formula is C18H22N2O5S. The van der Waals surface area contributed by atoms with Gasteiger partial charge >= 0.3 is 0 Å². The van der Waals surface area contributed by atoms with Crippen LogP contribution in [0.4, 0.5) is 5.69 Å².